The number of amides is 2. The molecule has 0 saturated heterocycles. The lowest BCUT2D eigenvalue weighted by atomic mass is 9.97. The van der Waals surface area contributed by atoms with Crippen LogP contribution in [-0.2, 0) is 35.5 Å². The summed E-state index contributed by atoms with van der Waals surface area (Å²) >= 11 is 0. The molecule has 0 fully saturated rings. The van der Waals surface area contributed by atoms with Crippen molar-refractivity contribution in [2.75, 3.05) is 6.54 Å². The van der Waals surface area contributed by atoms with Crippen LogP contribution in [0.3, 0.4) is 0 Å². The molecular weight excluding hydrogens is 560 g/mol. The second-order valence-corrected chi connectivity index (χ2v) is 11.2. The number of aryl methyl sites for hydroxylation is 1. The van der Waals surface area contributed by atoms with Crippen LogP contribution >= 0.6 is 0 Å². The van der Waals surface area contributed by atoms with E-state index in [4.69, 9.17) is 0 Å². The average molecular weight is 595 g/mol. The maximum atomic E-state index is 14.5. The van der Waals surface area contributed by atoms with E-state index >= 15 is 0 Å². The van der Waals surface area contributed by atoms with Gasteiger partial charge in [-0.2, -0.15) is 10.2 Å². The smallest absolute Gasteiger partial charge is 0.247 e. The molecule has 45 heavy (non-hydrogen) atoms. The molecule has 8 heteroatoms. The van der Waals surface area contributed by atoms with Gasteiger partial charge in [-0.15, -0.1) is 0 Å². The molecule has 0 unspecified atom stereocenters. The molecule has 3 aromatic carbocycles. The van der Waals surface area contributed by atoms with Crippen molar-refractivity contribution in [2.45, 2.75) is 38.9 Å². The van der Waals surface area contributed by atoms with Crippen molar-refractivity contribution >= 4 is 17.9 Å². The third kappa shape index (κ3) is 7.36. The first-order valence-electron chi connectivity index (χ1n) is 15.1. The predicted molar refractivity (Wildman–Crippen MR) is 173 cm³/mol. The van der Waals surface area contributed by atoms with Crippen molar-refractivity contribution in [2.24, 2.45) is 0 Å². The zero-order valence-electron chi connectivity index (χ0n) is 25.2. The largest absolute Gasteiger partial charge is 0.336 e. The molecule has 2 amide bonds. The lowest BCUT2D eigenvalue weighted by Gasteiger charge is -2.37. The normalized spacial score (nSPS) is 13.3. The first-order valence-corrected chi connectivity index (χ1v) is 15.1. The van der Waals surface area contributed by atoms with Gasteiger partial charge in [0.05, 0.1) is 5.69 Å². The first kappa shape index (κ1) is 29.6. The average Bonchev–Trinajstić information content (AvgIpc) is 3.10. The van der Waals surface area contributed by atoms with Crippen LogP contribution in [-0.4, -0.2) is 54.4 Å². The monoisotopic (exact) mass is 594 g/mol. The van der Waals surface area contributed by atoms with E-state index in [1.54, 1.807) is 29.6 Å². The Kier molecular flexibility index (Phi) is 9.11. The number of carbonyl (C=O) groups is 2. The van der Waals surface area contributed by atoms with Crippen LogP contribution in [0.5, 0.6) is 0 Å². The standard InChI is InChI=1S/C37H34N6O2/c1-27-38-23-30(24-39-27)15-18-36(44)43(25-29-13-16-32(17-14-29)34-12-7-20-40-41-34)35(22-28-8-3-2-4-9-28)37(45)42-21-19-31-10-5-6-11-33(31)26-42/h2-18,20,23-24,35H,19,21-22,25-26H2,1H3/t35-/m0/s1. The highest BCUT2D eigenvalue weighted by Gasteiger charge is 2.34. The topological polar surface area (TPSA) is 92.2 Å². The number of benzene rings is 3. The number of nitrogens with zero attached hydrogens (tertiary/aromatic N) is 6. The van der Waals surface area contributed by atoms with E-state index in [9.17, 15) is 9.59 Å². The van der Waals surface area contributed by atoms with Crippen molar-refractivity contribution in [1.29, 1.82) is 0 Å². The molecule has 2 aromatic heterocycles. The van der Waals surface area contributed by atoms with E-state index < -0.39 is 6.04 Å². The summed E-state index contributed by atoms with van der Waals surface area (Å²) in [5, 5.41) is 8.19. The lowest BCUT2D eigenvalue weighted by Crippen LogP contribution is -2.52. The van der Waals surface area contributed by atoms with Crippen LogP contribution in [0.1, 0.15) is 33.6 Å². The summed E-state index contributed by atoms with van der Waals surface area (Å²) in [6, 6.07) is 29.1. The quantitative estimate of drug-likeness (QED) is 0.210. The molecule has 224 valence electrons. The fraction of sp³-hybridized carbons (Fsp3) is 0.189. The highest BCUT2D eigenvalue weighted by molar-refractivity contribution is 5.95. The van der Waals surface area contributed by atoms with E-state index in [0.717, 1.165) is 34.4 Å². The van der Waals surface area contributed by atoms with Gasteiger partial charge in [-0.3, -0.25) is 9.59 Å². The van der Waals surface area contributed by atoms with Gasteiger partial charge in [-0.25, -0.2) is 9.97 Å². The maximum absolute atomic E-state index is 14.5. The van der Waals surface area contributed by atoms with E-state index in [0.29, 0.717) is 30.9 Å². The fourth-order valence-electron chi connectivity index (χ4n) is 5.59. The van der Waals surface area contributed by atoms with Gasteiger partial charge in [0.15, 0.2) is 0 Å². The summed E-state index contributed by atoms with van der Waals surface area (Å²) in [4.78, 5) is 40.7. The Hall–Kier alpha value is -5.50. The van der Waals surface area contributed by atoms with Crippen molar-refractivity contribution in [3.8, 4) is 11.3 Å². The molecule has 1 aliphatic rings. The molecule has 3 heterocycles. The number of hydrogen-bond acceptors (Lipinski definition) is 6. The molecule has 0 spiro atoms. The minimum absolute atomic E-state index is 0.0649. The van der Waals surface area contributed by atoms with Crippen molar-refractivity contribution in [3.05, 3.63) is 149 Å². The van der Waals surface area contributed by atoms with E-state index in [-0.39, 0.29) is 18.4 Å². The zero-order chi connectivity index (χ0) is 31.0. The van der Waals surface area contributed by atoms with Crippen molar-refractivity contribution in [1.82, 2.24) is 30.0 Å². The van der Waals surface area contributed by atoms with Crippen LogP contribution < -0.4 is 0 Å². The summed E-state index contributed by atoms with van der Waals surface area (Å²) < 4.78 is 0. The maximum Gasteiger partial charge on any atom is 0.247 e. The van der Waals surface area contributed by atoms with E-state index in [2.05, 4.69) is 32.3 Å². The molecule has 8 nitrogen and oxygen atoms in total. The second-order valence-electron chi connectivity index (χ2n) is 11.2. The van der Waals surface area contributed by atoms with Gasteiger partial charge in [-0.1, -0.05) is 78.9 Å². The molecule has 1 atom stereocenters. The Morgan fingerprint density at radius 3 is 2.33 bits per heavy atom. The number of carbonyl (C=O) groups excluding carboxylic acids is 2. The highest BCUT2D eigenvalue weighted by atomic mass is 16.2. The molecule has 1 aliphatic heterocycles. The molecule has 0 aliphatic carbocycles. The van der Waals surface area contributed by atoms with E-state index in [1.807, 2.05) is 90.7 Å². The highest BCUT2D eigenvalue weighted by Crippen LogP contribution is 2.24. The van der Waals surface area contributed by atoms with Gasteiger partial charge >= 0.3 is 0 Å². The molecule has 0 saturated carbocycles. The summed E-state index contributed by atoms with van der Waals surface area (Å²) in [5.74, 6) is 0.326. The number of aromatic nitrogens is 4. The van der Waals surface area contributed by atoms with Crippen LogP contribution in [0.4, 0.5) is 0 Å². The predicted octanol–water partition coefficient (Wildman–Crippen LogP) is 5.48. The van der Waals surface area contributed by atoms with Gasteiger partial charge in [0.25, 0.3) is 0 Å². The van der Waals surface area contributed by atoms with E-state index in [1.165, 1.54) is 11.6 Å². The third-order valence-electron chi connectivity index (χ3n) is 8.05. The number of fused-ring (bicyclic) bond motifs is 1. The van der Waals surface area contributed by atoms with Gasteiger partial charge in [0, 0.05) is 61.8 Å². The molecule has 0 radical (unpaired) electrons. The minimum atomic E-state index is -0.719. The number of hydrogen-bond donors (Lipinski definition) is 0. The first-order chi connectivity index (χ1) is 22.0. The van der Waals surface area contributed by atoms with Crippen LogP contribution in [0.2, 0.25) is 0 Å². The zero-order valence-corrected chi connectivity index (χ0v) is 25.2. The minimum Gasteiger partial charge on any atom is -0.336 e. The van der Waals surface area contributed by atoms with Crippen LogP contribution in [0.25, 0.3) is 17.3 Å². The molecule has 0 N–H and O–H groups in total. The summed E-state index contributed by atoms with van der Waals surface area (Å²) in [6.45, 7) is 3.19. The SMILES string of the molecule is Cc1ncc(C=CC(=O)N(Cc2ccc(-c3cccnn3)cc2)[C@@H](Cc2ccccc2)C(=O)N2CCc3ccccc3C2)cn1. The Labute approximate surface area is 263 Å². The Balaban J connectivity index is 1.34. The van der Waals surface area contributed by atoms with Gasteiger partial charge in [0.2, 0.25) is 11.8 Å². The molecular formula is C37H34N6O2. The Morgan fingerprint density at radius 2 is 1.60 bits per heavy atom. The summed E-state index contributed by atoms with van der Waals surface area (Å²) in [5.41, 5.74) is 6.70. The summed E-state index contributed by atoms with van der Waals surface area (Å²) in [6.07, 6.45) is 9.39. The Bertz CT molecular complexity index is 1770. The molecule has 5 aromatic rings. The van der Waals surface area contributed by atoms with Gasteiger partial charge in [0.1, 0.15) is 11.9 Å². The summed E-state index contributed by atoms with van der Waals surface area (Å²) in [7, 11) is 0. The molecule has 0 bridgehead atoms. The van der Waals surface area contributed by atoms with Crippen molar-refractivity contribution < 1.29 is 9.59 Å². The third-order valence-corrected chi connectivity index (χ3v) is 8.05. The van der Waals surface area contributed by atoms with Gasteiger partial charge < -0.3 is 9.80 Å². The van der Waals surface area contributed by atoms with Crippen molar-refractivity contribution in [3.63, 3.8) is 0 Å². The lowest BCUT2D eigenvalue weighted by molar-refractivity contribution is -0.144. The van der Waals surface area contributed by atoms with Crippen LogP contribution in [0.15, 0.2) is 116 Å². The number of rotatable bonds is 9. The fourth-order valence-corrected chi connectivity index (χ4v) is 5.59. The second kappa shape index (κ2) is 13.9. The Morgan fingerprint density at radius 1 is 0.867 bits per heavy atom. The molecule has 6 rings (SSSR count). The van der Waals surface area contributed by atoms with Gasteiger partial charge in [-0.05, 0) is 53.8 Å². The van der Waals surface area contributed by atoms with Crippen LogP contribution in [0, 0.1) is 6.92 Å².